The number of aromatic carboxylic acids is 1. The number of carboxylic acid groups (broad SMARTS) is 1. The zero-order valence-corrected chi connectivity index (χ0v) is 8.53. The number of carboxylic acids is 1. The third kappa shape index (κ3) is 2.25. The zero-order chi connectivity index (χ0) is 12.6. The lowest BCUT2D eigenvalue weighted by Crippen LogP contribution is -2.20. The van der Waals surface area contributed by atoms with Gasteiger partial charge in [-0.15, -0.1) is 0 Å². The number of alkyl halides is 3. The highest BCUT2D eigenvalue weighted by molar-refractivity contribution is 5.94. The fourth-order valence-corrected chi connectivity index (χ4v) is 1.74. The predicted molar refractivity (Wildman–Crippen MR) is 55.0 cm³/mol. The summed E-state index contributed by atoms with van der Waals surface area (Å²) in [4.78, 5) is 10.9. The van der Waals surface area contributed by atoms with Gasteiger partial charge in [0.2, 0.25) is 0 Å². The van der Waals surface area contributed by atoms with Crippen molar-refractivity contribution < 1.29 is 23.1 Å². The van der Waals surface area contributed by atoms with E-state index in [-0.39, 0.29) is 11.2 Å². The SMILES string of the molecule is O=C(O)c1cc2ccccc2n1CC(F)(F)F. The number of halogens is 3. The fourth-order valence-electron chi connectivity index (χ4n) is 1.74. The molecule has 6 heteroatoms. The molecule has 0 aliphatic heterocycles. The average molecular weight is 243 g/mol. The number of hydrogen-bond donors (Lipinski definition) is 1. The lowest BCUT2D eigenvalue weighted by Gasteiger charge is -2.11. The normalized spacial score (nSPS) is 11.9. The standard InChI is InChI=1S/C11H8F3NO2/c12-11(13,14)6-15-8-4-2-1-3-7(8)5-9(15)10(16)17/h1-5H,6H2,(H,16,17). The van der Waals surface area contributed by atoms with E-state index in [9.17, 15) is 18.0 Å². The molecule has 0 amide bonds. The first-order valence-electron chi connectivity index (χ1n) is 4.77. The van der Waals surface area contributed by atoms with Crippen molar-refractivity contribution in [1.82, 2.24) is 4.57 Å². The Morgan fingerprint density at radius 1 is 1.29 bits per heavy atom. The smallest absolute Gasteiger partial charge is 0.406 e. The number of fused-ring (bicyclic) bond motifs is 1. The number of para-hydroxylation sites is 1. The van der Waals surface area contributed by atoms with Gasteiger partial charge in [-0.1, -0.05) is 18.2 Å². The van der Waals surface area contributed by atoms with Gasteiger partial charge in [-0.3, -0.25) is 0 Å². The Morgan fingerprint density at radius 2 is 1.94 bits per heavy atom. The van der Waals surface area contributed by atoms with Gasteiger partial charge in [0.05, 0.1) is 0 Å². The van der Waals surface area contributed by atoms with Crippen molar-refractivity contribution in [2.24, 2.45) is 0 Å². The first kappa shape index (κ1) is 11.5. The summed E-state index contributed by atoms with van der Waals surface area (Å²) in [5.41, 5.74) is -0.0919. The topological polar surface area (TPSA) is 42.2 Å². The number of hydrogen-bond acceptors (Lipinski definition) is 1. The molecule has 2 aromatic rings. The molecule has 17 heavy (non-hydrogen) atoms. The molecule has 0 unspecified atom stereocenters. The number of rotatable bonds is 2. The molecule has 3 nitrogen and oxygen atoms in total. The maximum atomic E-state index is 12.4. The van der Waals surface area contributed by atoms with Gasteiger partial charge in [0.25, 0.3) is 0 Å². The highest BCUT2D eigenvalue weighted by Crippen LogP contribution is 2.25. The first-order valence-corrected chi connectivity index (χ1v) is 4.77. The van der Waals surface area contributed by atoms with Gasteiger partial charge in [-0.25, -0.2) is 4.79 Å². The van der Waals surface area contributed by atoms with E-state index in [0.29, 0.717) is 5.39 Å². The van der Waals surface area contributed by atoms with Crippen molar-refractivity contribution >= 4 is 16.9 Å². The maximum Gasteiger partial charge on any atom is 0.406 e. The van der Waals surface area contributed by atoms with Crippen LogP contribution >= 0.6 is 0 Å². The van der Waals surface area contributed by atoms with E-state index in [1.807, 2.05) is 0 Å². The maximum absolute atomic E-state index is 12.4. The lowest BCUT2D eigenvalue weighted by molar-refractivity contribution is -0.140. The molecule has 0 saturated heterocycles. The van der Waals surface area contributed by atoms with Crippen LogP contribution in [0.5, 0.6) is 0 Å². The Kier molecular flexibility index (Phi) is 2.57. The van der Waals surface area contributed by atoms with Crippen LogP contribution in [0.4, 0.5) is 13.2 Å². The summed E-state index contributed by atoms with van der Waals surface area (Å²) in [5.74, 6) is -1.37. The van der Waals surface area contributed by atoms with Gasteiger partial charge >= 0.3 is 12.1 Å². The van der Waals surface area contributed by atoms with E-state index in [4.69, 9.17) is 5.11 Å². The molecule has 0 spiro atoms. The molecule has 0 aliphatic carbocycles. The van der Waals surface area contributed by atoms with Gasteiger partial charge in [0.15, 0.2) is 0 Å². The van der Waals surface area contributed by atoms with E-state index in [1.165, 1.54) is 12.1 Å². The van der Waals surface area contributed by atoms with Crippen LogP contribution in [0, 0.1) is 0 Å². The quantitative estimate of drug-likeness (QED) is 0.881. The van der Waals surface area contributed by atoms with Crippen molar-refractivity contribution in [3.63, 3.8) is 0 Å². The van der Waals surface area contributed by atoms with E-state index < -0.39 is 18.7 Å². The van der Waals surface area contributed by atoms with Crippen molar-refractivity contribution in [2.45, 2.75) is 12.7 Å². The third-order valence-electron chi connectivity index (χ3n) is 2.37. The van der Waals surface area contributed by atoms with Crippen LogP contribution in [-0.2, 0) is 6.54 Å². The minimum atomic E-state index is -4.45. The van der Waals surface area contributed by atoms with Crippen molar-refractivity contribution in [3.05, 3.63) is 36.0 Å². The van der Waals surface area contributed by atoms with Crippen molar-refractivity contribution in [2.75, 3.05) is 0 Å². The number of aromatic nitrogens is 1. The molecule has 0 fully saturated rings. The molecule has 2 rings (SSSR count). The molecule has 0 aliphatic rings. The van der Waals surface area contributed by atoms with Crippen molar-refractivity contribution in [3.8, 4) is 0 Å². The summed E-state index contributed by atoms with van der Waals surface area (Å²) < 4.78 is 37.9. The molecule has 1 heterocycles. The summed E-state index contributed by atoms with van der Waals surface area (Å²) in [7, 11) is 0. The second kappa shape index (κ2) is 3.80. The lowest BCUT2D eigenvalue weighted by atomic mass is 10.2. The molecule has 1 aromatic heterocycles. The zero-order valence-electron chi connectivity index (χ0n) is 8.53. The van der Waals surface area contributed by atoms with Crippen LogP contribution in [0.1, 0.15) is 10.5 Å². The van der Waals surface area contributed by atoms with E-state index in [2.05, 4.69) is 0 Å². The van der Waals surface area contributed by atoms with Gasteiger partial charge in [-0.05, 0) is 12.1 Å². The number of carbonyl (C=O) groups is 1. The van der Waals surface area contributed by atoms with Gasteiger partial charge < -0.3 is 9.67 Å². The Labute approximate surface area is 94.1 Å². The van der Waals surface area contributed by atoms with E-state index >= 15 is 0 Å². The molecular formula is C11H8F3NO2. The Balaban J connectivity index is 2.64. The third-order valence-corrected chi connectivity index (χ3v) is 2.37. The second-order valence-electron chi connectivity index (χ2n) is 3.59. The van der Waals surface area contributed by atoms with Crippen LogP contribution in [0.25, 0.3) is 10.9 Å². The molecular weight excluding hydrogens is 235 g/mol. The monoisotopic (exact) mass is 243 g/mol. The molecule has 90 valence electrons. The molecule has 0 radical (unpaired) electrons. The van der Waals surface area contributed by atoms with Crippen molar-refractivity contribution in [1.29, 1.82) is 0 Å². The largest absolute Gasteiger partial charge is 0.477 e. The minimum Gasteiger partial charge on any atom is -0.477 e. The van der Waals surface area contributed by atoms with Crippen LogP contribution in [0.3, 0.4) is 0 Å². The summed E-state index contributed by atoms with van der Waals surface area (Å²) >= 11 is 0. The minimum absolute atomic E-state index is 0.266. The van der Waals surface area contributed by atoms with Crippen LogP contribution in [-0.4, -0.2) is 21.8 Å². The number of nitrogens with zero attached hydrogens (tertiary/aromatic N) is 1. The van der Waals surface area contributed by atoms with Crippen LogP contribution in [0.2, 0.25) is 0 Å². The fraction of sp³-hybridized carbons (Fsp3) is 0.182. The summed E-state index contributed by atoms with van der Waals surface area (Å²) in [6.45, 7) is -1.30. The Morgan fingerprint density at radius 3 is 2.53 bits per heavy atom. The first-order chi connectivity index (χ1) is 7.88. The van der Waals surface area contributed by atoms with E-state index in [1.54, 1.807) is 18.2 Å². The molecule has 0 bridgehead atoms. The summed E-state index contributed by atoms with van der Waals surface area (Å²) in [5, 5.41) is 9.36. The van der Waals surface area contributed by atoms with Crippen LogP contribution < -0.4 is 0 Å². The predicted octanol–water partition coefficient (Wildman–Crippen LogP) is 2.90. The molecule has 1 aromatic carbocycles. The second-order valence-corrected chi connectivity index (χ2v) is 3.59. The highest BCUT2D eigenvalue weighted by Gasteiger charge is 2.30. The Hall–Kier alpha value is -1.98. The molecule has 0 atom stereocenters. The van der Waals surface area contributed by atoms with Crippen LogP contribution in [0.15, 0.2) is 30.3 Å². The average Bonchev–Trinajstić information content (AvgIpc) is 2.55. The highest BCUT2D eigenvalue weighted by atomic mass is 19.4. The summed E-state index contributed by atoms with van der Waals surface area (Å²) in [6, 6.07) is 7.50. The summed E-state index contributed by atoms with van der Waals surface area (Å²) in [6.07, 6.45) is -4.45. The Bertz CT molecular complexity index is 572. The van der Waals surface area contributed by atoms with E-state index in [0.717, 1.165) is 4.57 Å². The van der Waals surface area contributed by atoms with Gasteiger partial charge in [0.1, 0.15) is 12.2 Å². The number of benzene rings is 1. The molecule has 0 saturated carbocycles. The van der Waals surface area contributed by atoms with Gasteiger partial charge in [-0.2, -0.15) is 13.2 Å². The van der Waals surface area contributed by atoms with Gasteiger partial charge in [0, 0.05) is 10.9 Å². The molecule has 1 N–H and O–H groups in total.